The van der Waals surface area contributed by atoms with Crippen molar-refractivity contribution in [2.45, 2.75) is 26.2 Å². The highest BCUT2D eigenvalue weighted by molar-refractivity contribution is 7.92. The predicted molar refractivity (Wildman–Crippen MR) is 126 cm³/mol. The van der Waals surface area contributed by atoms with E-state index in [1.165, 1.54) is 18.1 Å². The van der Waals surface area contributed by atoms with Crippen molar-refractivity contribution in [2.75, 3.05) is 11.0 Å². The third-order valence-electron chi connectivity index (χ3n) is 5.33. The van der Waals surface area contributed by atoms with Gasteiger partial charge in [-0.1, -0.05) is 55.8 Å². The van der Waals surface area contributed by atoms with Gasteiger partial charge in [-0.05, 0) is 59.4 Å². The maximum absolute atomic E-state index is 14.6. The first kappa shape index (κ1) is 21.1. The summed E-state index contributed by atoms with van der Waals surface area (Å²) in [5, 5.41) is 0.814. The summed E-state index contributed by atoms with van der Waals surface area (Å²) in [6, 6.07) is 20.7. The zero-order valence-corrected chi connectivity index (χ0v) is 18.4. The van der Waals surface area contributed by atoms with Crippen LogP contribution < -0.4 is 4.72 Å². The van der Waals surface area contributed by atoms with Crippen LogP contribution in [0, 0.1) is 5.82 Å². The van der Waals surface area contributed by atoms with Crippen molar-refractivity contribution < 1.29 is 12.8 Å². The molecule has 0 amide bonds. The Kier molecular flexibility index (Phi) is 5.83. The van der Waals surface area contributed by atoms with Crippen LogP contribution in [0.5, 0.6) is 0 Å². The molecule has 160 valence electrons. The molecule has 0 aliphatic rings. The van der Waals surface area contributed by atoms with Gasteiger partial charge in [0.05, 0.1) is 11.8 Å². The smallest absolute Gasteiger partial charge is 0.229 e. The van der Waals surface area contributed by atoms with Crippen molar-refractivity contribution in [1.82, 2.24) is 4.98 Å². The van der Waals surface area contributed by atoms with E-state index in [4.69, 9.17) is 0 Å². The molecule has 0 spiro atoms. The Morgan fingerprint density at radius 1 is 0.935 bits per heavy atom. The fraction of sp³-hybridized carbons (Fsp3) is 0.200. The Morgan fingerprint density at radius 2 is 1.61 bits per heavy atom. The van der Waals surface area contributed by atoms with Crippen LogP contribution in [-0.4, -0.2) is 19.7 Å². The van der Waals surface area contributed by atoms with Crippen LogP contribution in [0.25, 0.3) is 33.3 Å². The second-order valence-electron chi connectivity index (χ2n) is 7.82. The van der Waals surface area contributed by atoms with Crippen LogP contribution in [0.2, 0.25) is 0 Å². The van der Waals surface area contributed by atoms with Crippen molar-refractivity contribution in [3.05, 3.63) is 78.1 Å². The van der Waals surface area contributed by atoms with Gasteiger partial charge in [-0.15, -0.1) is 0 Å². The standard InChI is InChI=1S/C25H25FN2O2S/c1-3-4-5-17-6-8-18(9-7-17)21-14-15-23(26)25-22(21)16-24(27-25)19-10-12-20(13-11-19)28-31(2,29)30/h6-16,27-28H,3-5H2,1-2H3. The number of fused-ring (bicyclic) bond motifs is 1. The molecule has 4 nitrogen and oxygen atoms in total. The maximum Gasteiger partial charge on any atom is 0.229 e. The summed E-state index contributed by atoms with van der Waals surface area (Å²) in [6.07, 6.45) is 4.50. The third-order valence-corrected chi connectivity index (χ3v) is 5.93. The number of halogens is 1. The summed E-state index contributed by atoms with van der Waals surface area (Å²) in [6.45, 7) is 2.18. The minimum Gasteiger partial charge on any atom is -0.352 e. The van der Waals surface area contributed by atoms with Crippen LogP contribution in [0.3, 0.4) is 0 Å². The number of sulfonamides is 1. The number of H-pyrrole nitrogens is 1. The predicted octanol–water partition coefficient (Wildman–Crippen LogP) is 6.36. The number of aryl methyl sites for hydroxylation is 1. The number of rotatable bonds is 7. The molecule has 0 saturated carbocycles. The maximum atomic E-state index is 14.6. The molecule has 0 radical (unpaired) electrons. The molecule has 4 aromatic rings. The Labute approximate surface area is 182 Å². The highest BCUT2D eigenvalue weighted by Gasteiger charge is 2.13. The zero-order valence-electron chi connectivity index (χ0n) is 17.6. The van der Waals surface area contributed by atoms with E-state index in [0.29, 0.717) is 11.2 Å². The van der Waals surface area contributed by atoms with Crippen molar-refractivity contribution in [3.8, 4) is 22.4 Å². The number of benzene rings is 3. The lowest BCUT2D eigenvalue weighted by Crippen LogP contribution is -2.09. The molecular formula is C25H25FN2O2S. The lowest BCUT2D eigenvalue weighted by atomic mass is 9.98. The van der Waals surface area contributed by atoms with Gasteiger partial charge in [-0.3, -0.25) is 4.72 Å². The Bertz CT molecular complexity index is 1310. The average Bonchev–Trinajstić information content (AvgIpc) is 3.19. The normalized spacial score (nSPS) is 11.7. The van der Waals surface area contributed by atoms with Gasteiger partial charge in [0.15, 0.2) is 0 Å². The minimum atomic E-state index is -3.33. The summed E-state index contributed by atoms with van der Waals surface area (Å²) in [7, 11) is -3.33. The molecular weight excluding hydrogens is 411 g/mol. The summed E-state index contributed by atoms with van der Waals surface area (Å²) in [5.41, 5.74) is 5.88. The Morgan fingerprint density at radius 3 is 2.26 bits per heavy atom. The van der Waals surface area contributed by atoms with Crippen molar-refractivity contribution in [3.63, 3.8) is 0 Å². The van der Waals surface area contributed by atoms with Gasteiger partial charge in [0, 0.05) is 16.8 Å². The number of nitrogens with one attached hydrogen (secondary N) is 2. The number of hydrogen-bond acceptors (Lipinski definition) is 2. The molecule has 0 atom stereocenters. The molecule has 0 aliphatic heterocycles. The number of unbranched alkanes of at least 4 members (excludes halogenated alkanes) is 1. The van der Waals surface area contributed by atoms with Gasteiger partial charge in [0.25, 0.3) is 0 Å². The fourth-order valence-corrected chi connectivity index (χ4v) is 4.32. The van der Waals surface area contributed by atoms with E-state index in [2.05, 4.69) is 40.9 Å². The summed E-state index contributed by atoms with van der Waals surface area (Å²) >= 11 is 0. The molecule has 3 aromatic carbocycles. The van der Waals surface area contributed by atoms with E-state index in [1.807, 2.05) is 12.1 Å². The van der Waals surface area contributed by atoms with Crippen LogP contribution in [0.4, 0.5) is 10.1 Å². The molecule has 31 heavy (non-hydrogen) atoms. The number of aromatic amines is 1. The molecule has 0 bridgehead atoms. The quantitative estimate of drug-likeness (QED) is 0.354. The fourth-order valence-electron chi connectivity index (χ4n) is 3.76. The van der Waals surface area contributed by atoms with E-state index in [-0.39, 0.29) is 5.82 Å². The van der Waals surface area contributed by atoms with E-state index in [1.54, 1.807) is 24.3 Å². The lowest BCUT2D eigenvalue weighted by molar-refractivity contribution is 0.607. The summed E-state index contributed by atoms with van der Waals surface area (Å²) in [5.74, 6) is -0.306. The number of aromatic nitrogens is 1. The van der Waals surface area contributed by atoms with Gasteiger partial charge in [-0.2, -0.15) is 0 Å². The highest BCUT2D eigenvalue weighted by Crippen LogP contribution is 2.34. The van der Waals surface area contributed by atoms with Gasteiger partial charge in [-0.25, -0.2) is 12.8 Å². The largest absolute Gasteiger partial charge is 0.352 e. The second-order valence-corrected chi connectivity index (χ2v) is 9.57. The molecule has 0 saturated heterocycles. The molecule has 0 fully saturated rings. The van der Waals surface area contributed by atoms with Crippen LogP contribution in [-0.2, 0) is 16.4 Å². The second kappa shape index (κ2) is 8.55. The molecule has 4 rings (SSSR count). The Balaban J connectivity index is 1.70. The van der Waals surface area contributed by atoms with Gasteiger partial charge < -0.3 is 4.98 Å². The van der Waals surface area contributed by atoms with Gasteiger partial charge in [0.1, 0.15) is 5.82 Å². The lowest BCUT2D eigenvalue weighted by Gasteiger charge is -2.06. The first-order valence-corrected chi connectivity index (χ1v) is 12.2. The molecule has 0 unspecified atom stereocenters. The van der Waals surface area contributed by atoms with Gasteiger partial charge >= 0.3 is 0 Å². The van der Waals surface area contributed by atoms with E-state index in [9.17, 15) is 12.8 Å². The summed E-state index contributed by atoms with van der Waals surface area (Å²) in [4.78, 5) is 3.18. The van der Waals surface area contributed by atoms with E-state index in [0.717, 1.165) is 46.9 Å². The third kappa shape index (κ3) is 4.80. The van der Waals surface area contributed by atoms with Crippen LogP contribution in [0.15, 0.2) is 66.7 Å². The van der Waals surface area contributed by atoms with Gasteiger partial charge in [0.2, 0.25) is 10.0 Å². The summed E-state index contributed by atoms with van der Waals surface area (Å²) < 4.78 is 39.8. The van der Waals surface area contributed by atoms with E-state index >= 15 is 0 Å². The monoisotopic (exact) mass is 436 g/mol. The number of hydrogen-bond donors (Lipinski definition) is 2. The van der Waals surface area contributed by atoms with Crippen molar-refractivity contribution in [1.29, 1.82) is 0 Å². The topological polar surface area (TPSA) is 62.0 Å². The molecule has 1 aromatic heterocycles. The number of anilines is 1. The first-order valence-electron chi connectivity index (χ1n) is 10.3. The zero-order chi connectivity index (χ0) is 22.0. The van der Waals surface area contributed by atoms with Crippen molar-refractivity contribution >= 4 is 26.6 Å². The first-order chi connectivity index (χ1) is 14.8. The highest BCUT2D eigenvalue weighted by atomic mass is 32.2. The molecule has 1 heterocycles. The Hall–Kier alpha value is -3.12. The molecule has 2 N–H and O–H groups in total. The van der Waals surface area contributed by atoms with Crippen LogP contribution >= 0.6 is 0 Å². The van der Waals surface area contributed by atoms with Crippen LogP contribution in [0.1, 0.15) is 25.3 Å². The SMILES string of the molecule is CCCCc1ccc(-c2ccc(F)c3[nH]c(-c4ccc(NS(C)(=O)=O)cc4)cc23)cc1. The average molecular weight is 437 g/mol. The molecule has 0 aliphatic carbocycles. The molecule has 6 heteroatoms. The van der Waals surface area contributed by atoms with Crippen molar-refractivity contribution in [2.24, 2.45) is 0 Å². The van der Waals surface area contributed by atoms with E-state index < -0.39 is 10.0 Å². The minimum absolute atomic E-state index is 0.306.